The SMILES string of the molecule is O=C1CCC(N2Cc3cc(C(=O)c4ccc5cn[nH]c5c4)ccc3C2=O)C(=O)N1. The van der Waals surface area contributed by atoms with Crippen LogP contribution in [-0.4, -0.2) is 44.6 Å². The fourth-order valence-electron chi connectivity index (χ4n) is 3.96. The molecule has 8 heteroatoms. The number of piperidine rings is 1. The van der Waals surface area contributed by atoms with E-state index in [1.807, 2.05) is 6.07 Å². The van der Waals surface area contributed by atoms with Crippen LogP contribution < -0.4 is 5.32 Å². The van der Waals surface area contributed by atoms with Gasteiger partial charge in [-0.1, -0.05) is 18.2 Å². The molecule has 0 radical (unpaired) electrons. The topological polar surface area (TPSA) is 112 Å². The number of H-pyrrole nitrogens is 1. The maximum Gasteiger partial charge on any atom is 0.255 e. The molecule has 8 nitrogen and oxygen atoms in total. The van der Waals surface area contributed by atoms with Crippen LogP contribution in [0.25, 0.3) is 10.9 Å². The number of fused-ring (bicyclic) bond motifs is 2. The molecule has 1 fully saturated rings. The van der Waals surface area contributed by atoms with Crippen molar-refractivity contribution in [2.75, 3.05) is 0 Å². The standard InChI is InChI=1S/C21H16N4O4/c26-18-6-5-17(20(28)23-18)25-10-14-7-11(3-4-15(14)21(25)29)19(27)12-1-2-13-9-22-24-16(13)8-12/h1-4,7-9,17H,5-6,10H2,(H,22,24)(H,23,26,28). The van der Waals surface area contributed by atoms with Crippen LogP contribution in [0.3, 0.4) is 0 Å². The Morgan fingerprint density at radius 1 is 1.07 bits per heavy atom. The van der Waals surface area contributed by atoms with E-state index in [0.29, 0.717) is 28.7 Å². The molecule has 3 heterocycles. The Kier molecular flexibility index (Phi) is 3.80. The molecule has 2 N–H and O–H groups in total. The molecule has 2 aromatic carbocycles. The lowest BCUT2D eigenvalue weighted by molar-refractivity contribution is -0.136. The molecule has 1 atom stereocenters. The number of imide groups is 1. The van der Waals surface area contributed by atoms with Gasteiger partial charge in [0.1, 0.15) is 6.04 Å². The van der Waals surface area contributed by atoms with Crippen molar-refractivity contribution in [3.8, 4) is 0 Å². The van der Waals surface area contributed by atoms with Gasteiger partial charge in [0.05, 0.1) is 11.7 Å². The summed E-state index contributed by atoms with van der Waals surface area (Å²) in [6.45, 7) is 0.237. The Morgan fingerprint density at radius 2 is 1.86 bits per heavy atom. The summed E-state index contributed by atoms with van der Waals surface area (Å²) >= 11 is 0. The number of carbonyl (C=O) groups excluding carboxylic acids is 4. The van der Waals surface area contributed by atoms with Crippen molar-refractivity contribution in [1.29, 1.82) is 0 Å². The van der Waals surface area contributed by atoms with Crippen LogP contribution >= 0.6 is 0 Å². The predicted octanol–water partition coefficient (Wildman–Crippen LogP) is 1.55. The van der Waals surface area contributed by atoms with Crippen molar-refractivity contribution in [2.45, 2.75) is 25.4 Å². The van der Waals surface area contributed by atoms with Gasteiger partial charge in [-0.05, 0) is 30.2 Å². The Balaban J connectivity index is 1.42. The molecule has 2 aliphatic heterocycles. The molecule has 2 aliphatic rings. The van der Waals surface area contributed by atoms with E-state index in [1.165, 1.54) is 4.90 Å². The fourth-order valence-corrected chi connectivity index (χ4v) is 3.96. The maximum atomic E-state index is 12.9. The van der Waals surface area contributed by atoms with E-state index in [9.17, 15) is 19.2 Å². The molecular weight excluding hydrogens is 372 g/mol. The first-order valence-electron chi connectivity index (χ1n) is 9.27. The first-order chi connectivity index (χ1) is 14.0. The number of hydrogen-bond acceptors (Lipinski definition) is 5. The summed E-state index contributed by atoms with van der Waals surface area (Å²) in [5.74, 6) is -1.19. The number of nitrogens with zero attached hydrogens (tertiary/aromatic N) is 2. The minimum Gasteiger partial charge on any atom is -0.322 e. The third-order valence-corrected chi connectivity index (χ3v) is 5.49. The summed E-state index contributed by atoms with van der Waals surface area (Å²) in [6.07, 6.45) is 2.20. The summed E-state index contributed by atoms with van der Waals surface area (Å²) in [5, 5.41) is 10.0. The molecule has 0 saturated carbocycles. The molecule has 0 bridgehead atoms. The van der Waals surface area contributed by atoms with Crippen LogP contribution in [0, 0.1) is 0 Å². The zero-order chi connectivity index (χ0) is 20.1. The van der Waals surface area contributed by atoms with E-state index >= 15 is 0 Å². The molecule has 5 rings (SSSR count). The number of rotatable bonds is 3. The van der Waals surface area contributed by atoms with Crippen molar-refractivity contribution in [3.05, 3.63) is 64.8 Å². The van der Waals surface area contributed by atoms with Crippen LogP contribution in [-0.2, 0) is 16.1 Å². The highest BCUT2D eigenvalue weighted by Crippen LogP contribution is 2.29. The van der Waals surface area contributed by atoms with E-state index in [2.05, 4.69) is 15.5 Å². The number of amides is 3. The second-order valence-corrected chi connectivity index (χ2v) is 7.27. The number of benzene rings is 2. The summed E-state index contributed by atoms with van der Waals surface area (Å²) < 4.78 is 0. The lowest BCUT2D eigenvalue weighted by Gasteiger charge is -2.29. The highest BCUT2D eigenvalue weighted by atomic mass is 16.2. The quantitative estimate of drug-likeness (QED) is 0.522. The average molecular weight is 388 g/mol. The van der Waals surface area contributed by atoms with E-state index < -0.39 is 11.9 Å². The Labute approximate surface area is 164 Å². The van der Waals surface area contributed by atoms with Crippen molar-refractivity contribution in [2.24, 2.45) is 0 Å². The molecule has 29 heavy (non-hydrogen) atoms. The van der Waals surface area contributed by atoms with Crippen LogP contribution in [0.15, 0.2) is 42.6 Å². The Morgan fingerprint density at radius 3 is 2.69 bits per heavy atom. The third-order valence-electron chi connectivity index (χ3n) is 5.49. The molecular formula is C21H16N4O4. The van der Waals surface area contributed by atoms with Gasteiger partial charge in [0.2, 0.25) is 11.8 Å². The molecule has 1 aromatic heterocycles. The van der Waals surface area contributed by atoms with E-state index in [0.717, 1.165) is 10.9 Å². The third kappa shape index (κ3) is 2.80. The number of nitrogens with one attached hydrogen (secondary N) is 2. The summed E-state index contributed by atoms with van der Waals surface area (Å²) in [4.78, 5) is 50.7. The van der Waals surface area contributed by atoms with Gasteiger partial charge in [0.25, 0.3) is 5.91 Å². The van der Waals surface area contributed by atoms with Crippen LogP contribution in [0.4, 0.5) is 0 Å². The monoisotopic (exact) mass is 388 g/mol. The number of ketones is 1. The predicted molar refractivity (Wildman–Crippen MR) is 102 cm³/mol. The van der Waals surface area contributed by atoms with Gasteiger partial charge in [-0.15, -0.1) is 0 Å². The lowest BCUT2D eigenvalue weighted by atomic mass is 9.98. The minimum atomic E-state index is -0.672. The lowest BCUT2D eigenvalue weighted by Crippen LogP contribution is -2.52. The van der Waals surface area contributed by atoms with Crippen molar-refractivity contribution in [1.82, 2.24) is 20.4 Å². The van der Waals surface area contributed by atoms with Crippen LogP contribution in [0.2, 0.25) is 0 Å². The van der Waals surface area contributed by atoms with E-state index in [4.69, 9.17) is 0 Å². The molecule has 1 unspecified atom stereocenters. The summed E-state index contributed by atoms with van der Waals surface area (Å²) in [7, 11) is 0. The van der Waals surface area contributed by atoms with Crippen molar-refractivity contribution < 1.29 is 19.2 Å². The number of carbonyl (C=O) groups is 4. The second kappa shape index (κ2) is 6.37. The first-order valence-corrected chi connectivity index (χ1v) is 9.27. The van der Waals surface area contributed by atoms with Gasteiger partial charge in [0, 0.05) is 35.0 Å². The first kappa shape index (κ1) is 17.3. The normalized spacial score (nSPS) is 18.8. The highest BCUT2D eigenvalue weighted by molar-refractivity contribution is 6.11. The number of aromatic nitrogens is 2. The van der Waals surface area contributed by atoms with Gasteiger partial charge < -0.3 is 4.90 Å². The van der Waals surface area contributed by atoms with Gasteiger partial charge in [-0.3, -0.25) is 29.6 Å². The van der Waals surface area contributed by atoms with Gasteiger partial charge in [0.15, 0.2) is 5.78 Å². The largest absolute Gasteiger partial charge is 0.322 e. The average Bonchev–Trinajstić information content (AvgIpc) is 3.31. The van der Waals surface area contributed by atoms with Crippen LogP contribution in [0.5, 0.6) is 0 Å². The zero-order valence-corrected chi connectivity index (χ0v) is 15.3. The van der Waals surface area contributed by atoms with Crippen molar-refractivity contribution >= 4 is 34.4 Å². The molecule has 0 aliphatic carbocycles. The van der Waals surface area contributed by atoms with Crippen LogP contribution in [0.1, 0.15) is 44.7 Å². The van der Waals surface area contributed by atoms with E-state index in [-0.39, 0.29) is 30.6 Å². The summed E-state index contributed by atoms with van der Waals surface area (Å²) in [6, 6.07) is 9.61. The molecule has 0 spiro atoms. The van der Waals surface area contributed by atoms with Crippen molar-refractivity contribution in [3.63, 3.8) is 0 Å². The van der Waals surface area contributed by atoms with E-state index in [1.54, 1.807) is 36.5 Å². The Bertz CT molecular complexity index is 1210. The fraction of sp³-hybridized carbons (Fsp3) is 0.190. The van der Waals surface area contributed by atoms with Gasteiger partial charge in [-0.25, -0.2) is 0 Å². The Hall–Kier alpha value is -3.81. The highest BCUT2D eigenvalue weighted by Gasteiger charge is 2.39. The molecule has 144 valence electrons. The van der Waals surface area contributed by atoms with Gasteiger partial charge in [-0.2, -0.15) is 5.10 Å². The second-order valence-electron chi connectivity index (χ2n) is 7.27. The smallest absolute Gasteiger partial charge is 0.255 e. The minimum absolute atomic E-state index is 0.156. The van der Waals surface area contributed by atoms with Gasteiger partial charge >= 0.3 is 0 Å². The molecule has 3 aromatic rings. The maximum absolute atomic E-state index is 12.9. The summed E-state index contributed by atoms with van der Waals surface area (Å²) in [5.41, 5.74) is 2.95. The zero-order valence-electron chi connectivity index (χ0n) is 15.3. The number of aromatic amines is 1. The molecule has 3 amide bonds. The number of hydrogen-bond donors (Lipinski definition) is 2. The molecule has 1 saturated heterocycles.